The molecular formula is C7H14INO. The van der Waals surface area contributed by atoms with Gasteiger partial charge in [0, 0.05) is 10.5 Å². The first-order chi connectivity index (χ1) is 4.66. The van der Waals surface area contributed by atoms with Crippen LogP contribution in [-0.2, 0) is 0 Å². The third-order valence-electron chi connectivity index (χ3n) is 2.21. The lowest BCUT2D eigenvalue weighted by molar-refractivity contribution is 0.0253. The van der Waals surface area contributed by atoms with Crippen LogP contribution in [0.2, 0.25) is 0 Å². The summed E-state index contributed by atoms with van der Waals surface area (Å²) in [5, 5.41) is 9.73. The van der Waals surface area contributed by atoms with E-state index < -0.39 is 5.60 Å². The van der Waals surface area contributed by atoms with Crippen LogP contribution < -0.4 is 5.73 Å². The van der Waals surface area contributed by atoms with E-state index in [4.69, 9.17) is 5.73 Å². The highest BCUT2D eigenvalue weighted by atomic mass is 127. The quantitative estimate of drug-likeness (QED) is 0.543. The molecule has 60 valence electrons. The lowest BCUT2D eigenvalue weighted by Gasteiger charge is -2.33. The van der Waals surface area contributed by atoms with Gasteiger partial charge in [0.15, 0.2) is 0 Å². The summed E-state index contributed by atoms with van der Waals surface area (Å²) in [6, 6.07) is 0.336. The lowest BCUT2D eigenvalue weighted by Crippen LogP contribution is -2.39. The molecular weight excluding hydrogens is 241 g/mol. The molecule has 0 heterocycles. The van der Waals surface area contributed by atoms with Crippen molar-refractivity contribution in [2.24, 2.45) is 5.73 Å². The second-order valence-electron chi connectivity index (χ2n) is 3.20. The van der Waals surface area contributed by atoms with E-state index in [-0.39, 0.29) is 0 Å². The summed E-state index contributed by atoms with van der Waals surface area (Å²) in [6.45, 7) is 0. The Kier molecular flexibility index (Phi) is 2.94. The molecule has 1 rings (SSSR count). The molecule has 10 heavy (non-hydrogen) atoms. The van der Waals surface area contributed by atoms with Crippen LogP contribution in [0.25, 0.3) is 0 Å². The van der Waals surface area contributed by atoms with Crippen molar-refractivity contribution in [3.05, 3.63) is 0 Å². The van der Waals surface area contributed by atoms with Gasteiger partial charge in [0.05, 0.1) is 5.60 Å². The molecule has 1 fully saturated rings. The van der Waals surface area contributed by atoms with Crippen molar-refractivity contribution < 1.29 is 5.11 Å². The van der Waals surface area contributed by atoms with Gasteiger partial charge in [0.1, 0.15) is 0 Å². The minimum absolute atomic E-state index is 0.336. The summed E-state index contributed by atoms with van der Waals surface area (Å²) in [5.74, 6) is 0. The first kappa shape index (κ1) is 8.74. The molecule has 1 aliphatic rings. The smallest absolute Gasteiger partial charge is 0.0738 e. The van der Waals surface area contributed by atoms with E-state index in [9.17, 15) is 5.11 Å². The highest BCUT2D eigenvalue weighted by Crippen LogP contribution is 2.28. The van der Waals surface area contributed by atoms with E-state index in [0.717, 1.165) is 30.1 Å². The molecule has 0 aromatic heterocycles. The molecule has 0 saturated heterocycles. The Morgan fingerprint density at radius 1 is 1.50 bits per heavy atom. The van der Waals surface area contributed by atoms with Crippen molar-refractivity contribution >= 4 is 22.6 Å². The third kappa shape index (κ3) is 2.07. The standard InChI is InChI=1S/C7H14INO/c8-5-7(10)3-1-6(9)2-4-7/h6,10H,1-5,9H2. The van der Waals surface area contributed by atoms with Gasteiger partial charge in [-0.3, -0.25) is 0 Å². The largest absolute Gasteiger partial charge is 0.389 e. The summed E-state index contributed by atoms with van der Waals surface area (Å²) in [6.07, 6.45) is 3.74. The molecule has 1 aliphatic carbocycles. The summed E-state index contributed by atoms with van der Waals surface area (Å²) >= 11 is 2.24. The first-order valence-electron chi connectivity index (χ1n) is 3.70. The van der Waals surface area contributed by atoms with Crippen molar-refractivity contribution in [3.63, 3.8) is 0 Å². The lowest BCUT2D eigenvalue weighted by atomic mass is 9.84. The predicted octanol–water partition coefficient (Wildman–Crippen LogP) is 1.05. The molecule has 2 nitrogen and oxygen atoms in total. The van der Waals surface area contributed by atoms with E-state index in [1.165, 1.54) is 0 Å². The van der Waals surface area contributed by atoms with Crippen LogP contribution >= 0.6 is 22.6 Å². The van der Waals surface area contributed by atoms with Crippen molar-refractivity contribution in [2.45, 2.75) is 37.3 Å². The van der Waals surface area contributed by atoms with E-state index in [2.05, 4.69) is 22.6 Å². The Morgan fingerprint density at radius 2 is 2.00 bits per heavy atom. The molecule has 3 N–H and O–H groups in total. The Hall–Kier alpha value is 0.650. The van der Waals surface area contributed by atoms with Crippen LogP contribution in [0, 0.1) is 0 Å². The molecule has 0 unspecified atom stereocenters. The van der Waals surface area contributed by atoms with Gasteiger partial charge in [-0.2, -0.15) is 0 Å². The first-order valence-corrected chi connectivity index (χ1v) is 5.23. The molecule has 0 amide bonds. The van der Waals surface area contributed by atoms with Gasteiger partial charge in [0.25, 0.3) is 0 Å². The topological polar surface area (TPSA) is 46.2 Å². The Labute approximate surface area is 75.3 Å². The minimum atomic E-state index is -0.392. The van der Waals surface area contributed by atoms with Crippen LogP contribution in [0.15, 0.2) is 0 Å². The fourth-order valence-electron chi connectivity index (χ4n) is 1.31. The Morgan fingerprint density at radius 3 is 2.40 bits per heavy atom. The minimum Gasteiger partial charge on any atom is -0.389 e. The fourth-order valence-corrected chi connectivity index (χ4v) is 2.07. The van der Waals surface area contributed by atoms with Crippen LogP contribution in [0.1, 0.15) is 25.7 Å². The number of hydrogen-bond donors (Lipinski definition) is 2. The van der Waals surface area contributed by atoms with E-state index in [1.54, 1.807) is 0 Å². The molecule has 0 aliphatic heterocycles. The Balaban J connectivity index is 2.38. The molecule has 0 aromatic carbocycles. The van der Waals surface area contributed by atoms with Gasteiger partial charge in [-0.1, -0.05) is 22.6 Å². The third-order valence-corrected chi connectivity index (χ3v) is 3.63. The number of hydrogen-bond acceptors (Lipinski definition) is 2. The average molecular weight is 255 g/mol. The van der Waals surface area contributed by atoms with E-state index >= 15 is 0 Å². The molecule has 0 aromatic rings. The van der Waals surface area contributed by atoms with Gasteiger partial charge in [0.2, 0.25) is 0 Å². The molecule has 0 spiro atoms. The summed E-state index contributed by atoms with van der Waals surface area (Å²) in [7, 11) is 0. The van der Waals surface area contributed by atoms with Crippen LogP contribution in [0.3, 0.4) is 0 Å². The van der Waals surface area contributed by atoms with Crippen molar-refractivity contribution in [1.29, 1.82) is 0 Å². The highest BCUT2D eigenvalue weighted by Gasteiger charge is 2.30. The maximum absolute atomic E-state index is 9.73. The molecule has 1 saturated carbocycles. The SMILES string of the molecule is NC1CCC(O)(CI)CC1. The average Bonchev–Trinajstić information content (AvgIpc) is 1.96. The van der Waals surface area contributed by atoms with Crippen molar-refractivity contribution in [3.8, 4) is 0 Å². The highest BCUT2D eigenvalue weighted by molar-refractivity contribution is 14.1. The second kappa shape index (κ2) is 3.36. The number of nitrogens with two attached hydrogens (primary N) is 1. The maximum Gasteiger partial charge on any atom is 0.0738 e. The summed E-state index contributed by atoms with van der Waals surface area (Å²) in [4.78, 5) is 0. The van der Waals surface area contributed by atoms with Gasteiger partial charge in [-0.05, 0) is 25.7 Å². The monoisotopic (exact) mass is 255 g/mol. The van der Waals surface area contributed by atoms with E-state index in [0.29, 0.717) is 6.04 Å². The molecule has 0 radical (unpaired) electrons. The van der Waals surface area contributed by atoms with Crippen LogP contribution in [-0.4, -0.2) is 21.2 Å². The fraction of sp³-hybridized carbons (Fsp3) is 1.00. The van der Waals surface area contributed by atoms with Crippen LogP contribution in [0.4, 0.5) is 0 Å². The maximum atomic E-state index is 9.73. The summed E-state index contributed by atoms with van der Waals surface area (Å²) < 4.78 is 0.845. The van der Waals surface area contributed by atoms with Crippen LogP contribution in [0.5, 0.6) is 0 Å². The number of rotatable bonds is 1. The Bertz CT molecular complexity index is 110. The van der Waals surface area contributed by atoms with Crippen molar-refractivity contribution in [1.82, 2.24) is 0 Å². The normalized spacial score (nSPS) is 41.7. The number of aliphatic hydroxyl groups is 1. The number of halogens is 1. The van der Waals surface area contributed by atoms with Gasteiger partial charge in [-0.25, -0.2) is 0 Å². The second-order valence-corrected chi connectivity index (χ2v) is 3.96. The zero-order chi connectivity index (χ0) is 7.61. The molecule has 0 atom stereocenters. The zero-order valence-corrected chi connectivity index (χ0v) is 8.17. The zero-order valence-electron chi connectivity index (χ0n) is 6.02. The summed E-state index contributed by atoms with van der Waals surface area (Å²) in [5.41, 5.74) is 5.30. The molecule has 3 heteroatoms. The van der Waals surface area contributed by atoms with Gasteiger partial charge < -0.3 is 10.8 Å². The molecule has 0 bridgehead atoms. The van der Waals surface area contributed by atoms with Crippen molar-refractivity contribution in [2.75, 3.05) is 4.43 Å². The van der Waals surface area contributed by atoms with Gasteiger partial charge in [-0.15, -0.1) is 0 Å². The van der Waals surface area contributed by atoms with Gasteiger partial charge >= 0.3 is 0 Å². The number of alkyl halides is 1. The predicted molar refractivity (Wildman–Crippen MR) is 50.3 cm³/mol. The van der Waals surface area contributed by atoms with E-state index in [1.807, 2.05) is 0 Å².